The molecular formula is C12H19N3. The lowest BCUT2D eigenvalue weighted by molar-refractivity contribution is 0.480. The molecule has 1 atom stereocenters. The molecule has 1 aromatic heterocycles. The first kappa shape index (κ1) is 10.4. The minimum absolute atomic E-state index is 0.575. The van der Waals surface area contributed by atoms with Gasteiger partial charge in [0, 0.05) is 30.2 Å². The number of anilines is 1. The first-order valence-electron chi connectivity index (χ1n) is 5.80. The Morgan fingerprint density at radius 3 is 3.27 bits per heavy atom. The molecule has 0 aromatic carbocycles. The predicted molar refractivity (Wildman–Crippen MR) is 63.1 cm³/mol. The zero-order chi connectivity index (χ0) is 10.5. The summed E-state index contributed by atoms with van der Waals surface area (Å²) < 4.78 is 0. The Morgan fingerprint density at radius 2 is 2.53 bits per heavy atom. The van der Waals surface area contributed by atoms with E-state index in [-0.39, 0.29) is 0 Å². The molecule has 3 nitrogen and oxygen atoms in total. The van der Waals surface area contributed by atoms with Crippen molar-refractivity contribution in [1.29, 1.82) is 0 Å². The third-order valence-corrected chi connectivity index (χ3v) is 2.85. The zero-order valence-corrected chi connectivity index (χ0v) is 9.29. The van der Waals surface area contributed by atoms with Crippen LogP contribution >= 0.6 is 0 Å². The highest BCUT2D eigenvalue weighted by atomic mass is 15.0. The second-order valence-electron chi connectivity index (χ2n) is 4.08. The summed E-state index contributed by atoms with van der Waals surface area (Å²) in [5.41, 5.74) is 2.36. The molecule has 0 saturated carbocycles. The van der Waals surface area contributed by atoms with Crippen LogP contribution in [0.15, 0.2) is 18.3 Å². The predicted octanol–water partition coefficient (Wildman–Crippen LogP) is 1.81. The summed E-state index contributed by atoms with van der Waals surface area (Å²) in [6.45, 7) is 4.37. The average Bonchev–Trinajstić information content (AvgIpc) is 2.31. The van der Waals surface area contributed by atoms with Crippen LogP contribution in [0.25, 0.3) is 0 Å². The van der Waals surface area contributed by atoms with E-state index < -0.39 is 0 Å². The largest absolute Gasteiger partial charge is 0.381 e. The molecule has 0 aliphatic carbocycles. The maximum absolute atomic E-state index is 4.30. The molecule has 1 saturated heterocycles. The van der Waals surface area contributed by atoms with E-state index in [1.165, 1.54) is 18.5 Å². The lowest BCUT2D eigenvalue weighted by Crippen LogP contribution is -2.38. The SMILES string of the molecule is CCc1cc(NC2CCCNC2)ccn1. The van der Waals surface area contributed by atoms with Crippen molar-refractivity contribution in [3.8, 4) is 0 Å². The molecule has 2 rings (SSSR count). The molecule has 1 aromatic rings. The van der Waals surface area contributed by atoms with Gasteiger partial charge in [-0.25, -0.2) is 0 Å². The molecule has 2 heterocycles. The van der Waals surface area contributed by atoms with Crippen molar-refractivity contribution in [3.63, 3.8) is 0 Å². The molecule has 0 amide bonds. The standard InChI is InChI=1S/C12H19N3/c1-2-10-8-11(5-7-14-10)15-12-4-3-6-13-9-12/h5,7-8,12-13H,2-4,6,9H2,1H3,(H,14,15). The van der Waals surface area contributed by atoms with Crippen molar-refractivity contribution in [1.82, 2.24) is 10.3 Å². The fraction of sp³-hybridized carbons (Fsp3) is 0.583. The van der Waals surface area contributed by atoms with Crippen molar-refractivity contribution in [2.75, 3.05) is 18.4 Å². The van der Waals surface area contributed by atoms with Gasteiger partial charge in [0.25, 0.3) is 0 Å². The van der Waals surface area contributed by atoms with Crippen LogP contribution in [0.3, 0.4) is 0 Å². The van der Waals surface area contributed by atoms with E-state index in [1.54, 1.807) is 0 Å². The molecule has 0 bridgehead atoms. The van der Waals surface area contributed by atoms with Gasteiger partial charge in [-0.2, -0.15) is 0 Å². The van der Waals surface area contributed by atoms with Crippen LogP contribution in [0.1, 0.15) is 25.5 Å². The van der Waals surface area contributed by atoms with Gasteiger partial charge >= 0.3 is 0 Å². The molecule has 2 N–H and O–H groups in total. The van der Waals surface area contributed by atoms with Gasteiger partial charge in [-0.3, -0.25) is 4.98 Å². The number of piperidine rings is 1. The van der Waals surface area contributed by atoms with Gasteiger partial charge in [-0.05, 0) is 37.9 Å². The first-order chi connectivity index (χ1) is 7.38. The molecule has 1 aliphatic heterocycles. The summed E-state index contributed by atoms with van der Waals surface area (Å²) in [6, 6.07) is 4.77. The van der Waals surface area contributed by atoms with E-state index in [0.29, 0.717) is 6.04 Å². The monoisotopic (exact) mass is 205 g/mol. The zero-order valence-electron chi connectivity index (χ0n) is 9.29. The van der Waals surface area contributed by atoms with Gasteiger partial charge in [0.15, 0.2) is 0 Å². The molecule has 1 fully saturated rings. The molecule has 82 valence electrons. The third kappa shape index (κ3) is 2.93. The Labute approximate surface area is 91.3 Å². The van der Waals surface area contributed by atoms with Crippen molar-refractivity contribution in [3.05, 3.63) is 24.0 Å². The van der Waals surface area contributed by atoms with E-state index in [9.17, 15) is 0 Å². The van der Waals surface area contributed by atoms with E-state index in [0.717, 1.165) is 25.2 Å². The van der Waals surface area contributed by atoms with Crippen LogP contribution in [0.4, 0.5) is 5.69 Å². The number of aryl methyl sites for hydroxylation is 1. The molecule has 1 unspecified atom stereocenters. The number of pyridine rings is 1. The minimum atomic E-state index is 0.575. The average molecular weight is 205 g/mol. The Morgan fingerprint density at radius 1 is 1.60 bits per heavy atom. The molecular weight excluding hydrogens is 186 g/mol. The van der Waals surface area contributed by atoms with Crippen LogP contribution < -0.4 is 10.6 Å². The van der Waals surface area contributed by atoms with Crippen LogP contribution in [-0.4, -0.2) is 24.1 Å². The Bertz CT molecular complexity index is 305. The summed E-state index contributed by atoms with van der Waals surface area (Å²) in [4.78, 5) is 4.30. The van der Waals surface area contributed by atoms with Gasteiger partial charge in [-0.15, -0.1) is 0 Å². The van der Waals surface area contributed by atoms with Gasteiger partial charge in [0.05, 0.1) is 0 Å². The van der Waals surface area contributed by atoms with Gasteiger partial charge < -0.3 is 10.6 Å². The smallest absolute Gasteiger partial charge is 0.0421 e. The molecule has 1 aliphatic rings. The van der Waals surface area contributed by atoms with Gasteiger partial charge in [-0.1, -0.05) is 6.92 Å². The molecule has 3 heteroatoms. The molecule has 0 radical (unpaired) electrons. The summed E-state index contributed by atoms with van der Waals surface area (Å²) in [5, 5.41) is 6.96. The fourth-order valence-electron chi connectivity index (χ4n) is 1.97. The topological polar surface area (TPSA) is 37.0 Å². The van der Waals surface area contributed by atoms with E-state index >= 15 is 0 Å². The summed E-state index contributed by atoms with van der Waals surface area (Å²) in [7, 11) is 0. The third-order valence-electron chi connectivity index (χ3n) is 2.85. The maximum Gasteiger partial charge on any atom is 0.0421 e. The number of nitrogens with zero attached hydrogens (tertiary/aromatic N) is 1. The van der Waals surface area contributed by atoms with Crippen LogP contribution in [0.2, 0.25) is 0 Å². The van der Waals surface area contributed by atoms with Crippen molar-refractivity contribution < 1.29 is 0 Å². The van der Waals surface area contributed by atoms with Crippen LogP contribution in [0.5, 0.6) is 0 Å². The number of rotatable bonds is 3. The number of aromatic nitrogens is 1. The molecule has 15 heavy (non-hydrogen) atoms. The highest BCUT2D eigenvalue weighted by molar-refractivity contribution is 5.44. The number of hydrogen-bond donors (Lipinski definition) is 2. The summed E-state index contributed by atoms with van der Waals surface area (Å²) >= 11 is 0. The van der Waals surface area contributed by atoms with Crippen LogP contribution in [-0.2, 0) is 6.42 Å². The quantitative estimate of drug-likeness (QED) is 0.790. The van der Waals surface area contributed by atoms with Gasteiger partial charge in [0.1, 0.15) is 0 Å². The second-order valence-corrected chi connectivity index (χ2v) is 4.08. The summed E-state index contributed by atoms with van der Waals surface area (Å²) in [6.07, 6.45) is 5.41. The molecule has 0 spiro atoms. The number of hydrogen-bond acceptors (Lipinski definition) is 3. The maximum atomic E-state index is 4.30. The Hall–Kier alpha value is -1.09. The van der Waals surface area contributed by atoms with Crippen LogP contribution in [0, 0.1) is 0 Å². The highest BCUT2D eigenvalue weighted by Crippen LogP contribution is 2.13. The van der Waals surface area contributed by atoms with Crippen molar-refractivity contribution >= 4 is 5.69 Å². The van der Waals surface area contributed by atoms with Crippen molar-refractivity contribution in [2.45, 2.75) is 32.2 Å². The van der Waals surface area contributed by atoms with Crippen molar-refractivity contribution in [2.24, 2.45) is 0 Å². The lowest BCUT2D eigenvalue weighted by atomic mass is 10.1. The second kappa shape index (κ2) is 5.12. The first-order valence-corrected chi connectivity index (χ1v) is 5.80. The normalized spacial score (nSPS) is 21.3. The highest BCUT2D eigenvalue weighted by Gasteiger charge is 2.12. The Balaban J connectivity index is 1.96. The van der Waals surface area contributed by atoms with E-state index in [1.807, 2.05) is 12.3 Å². The minimum Gasteiger partial charge on any atom is -0.381 e. The van der Waals surface area contributed by atoms with E-state index in [4.69, 9.17) is 0 Å². The fourth-order valence-corrected chi connectivity index (χ4v) is 1.97. The number of nitrogens with one attached hydrogen (secondary N) is 2. The summed E-state index contributed by atoms with van der Waals surface area (Å²) in [5.74, 6) is 0. The van der Waals surface area contributed by atoms with E-state index in [2.05, 4.69) is 28.6 Å². The van der Waals surface area contributed by atoms with Gasteiger partial charge in [0.2, 0.25) is 0 Å². The lowest BCUT2D eigenvalue weighted by Gasteiger charge is -2.24. The Kier molecular flexibility index (Phi) is 3.56.